The molecule has 1 unspecified atom stereocenters. The summed E-state index contributed by atoms with van der Waals surface area (Å²) in [5.41, 5.74) is 1.40. The first-order valence-electron chi connectivity index (χ1n) is 13.7. The van der Waals surface area contributed by atoms with Crippen molar-refractivity contribution < 1.29 is 36.3 Å². The van der Waals surface area contributed by atoms with Crippen molar-refractivity contribution in [1.82, 2.24) is 35.2 Å². The zero-order chi connectivity index (χ0) is 30.1. The van der Waals surface area contributed by atoms with Crippen molar-refractivity contribution in [2.24, 2.45) is 11.8 Å². The van der Waals surface area contributed by atoms with Gasteiger partial charge in [0.25, 0.3) is 5.91 Å². The van der Waals surface area contributed by atoms with Crippen molar-refractivity contribution in [3.05, 3.63) is 47.7 Å². The van der Waals surface area contributed by atoms with E-state index in [9.17, 15) is 31.5 Å². The number of ether oxygens (including phenoxy) is 1. The minimum Gasteiger partial charge on any atom is -0.467 e. The molecule has 0 spiro atoms. The van der Waals surface area contributed by atoms with E-state index in [1.54, 1.807) is 12.3 Å². The third-order valence-corrected chi connectivity index (χ3v) is 7.65. The number of methoxy groups -OCH3 is 1. The third kappa shape index (κ3) is 7.29. The first-order valence-corrected chi connectivity index (χ1v) is 13.7. The van der Waals surface area contributed by atoms with Crippen LogP contribution in [0.4, 0.5) is 22.0 Å². The van der Waals surface area contributed by atoms with Crippen LogP contribution >= 0.6 is 0 Å². The molecule has 2 amide bonds. The molecule has 2 fully saturated rings. The number of carbonyl (C=O) groups is 2. The smallest absolute Gasteiger partial charge is 0.389 e. The highest BCUT2D eigenvalue weighted by Crippen LogP contribution is 2.43. The summed E-state index contributed by atoms with van der Waals surface area (Å²) in [5, 5.41) is 9.99. The van der Waals surface area contributed by atoms with E-state index in [0.29, 0.717) is 16.9 Å². The summed E-state index contributed by atoms with van der Waals surface area (Å²) in [6, 6.07) is 1.83. The molecule has 2 aliphatic carbocycles. The fourth-order valence-corrected chi connectivity index (χ4v) is 5.24. The van der Waals surface area contributed by atoms with Gasteiger partial charge in [0, 0.05) is 25.5 Å². The number of hydrogen-bond donors (Lipinski definition) is 2. The Morgan fingerprint density at radius 2 is 1.81 bits per heavy atom. The summed E-state index contributed by atoms with van der Waals surface area (Å²) in [4.78, 5) is 38.0. The van der Waals surface area contributed by atoms with Gasteiger partial charge < -0.3 is 15.4 Å². The molecule has 5 rings (SSSR count). The lowest BCUT2D eigenvalue weighted by atomic mass is 9.81. The summed E-state index contributed by atoms with van der Waals surface area (Å²) < 4.78 is 72.2. The molecule has 0 radical (unpaired) electrons. The molecule has 3 aromatic heterocycles. The van der Waals surface area contributed by atoms with Gasteiger partial charge in [-0.1, -0.05) is 0 Å². The number of rotatable bonds is 10. The van der Waals surface area contributed by atoms with Crippen molar-refractivity contribution in [2.75, 3.05) is 7.11 Å². The number of amides is 2. The van der Waals surface area contributed by atoms with Gasteiger partial charge in [-0.3, -0.25) is 9.59 Å². The lowest BCUT2D eigenvalue weighted by Crippen LogP contribution is -2.37. The summed E-state index contributed by atoms with van der Waals surface area (Å²) in [7, 11) is 1.36. The second-order valence-electron chi connectivity index (χ2n) is 10.8. The molecule has 10 nitrogen and oxygen atoms in total. The molecule has 3 heterocycles. The first-order chi connectivity index (χ1) is 19.9. The second-order valence-corrected chi connectivity index (χ2v) is 10.8. The lowest BCUT2D eigenvalue weighted by Gasteiger charge is -2.33. The highest BCUT2D eigenvalue weighted by molar-refractivity contribution is 5.92. The molecule has 3 aromatic rings. The Morgan fingerprint density at radius 1 is 1.10 bits per heavy atom. The average molecular weight is 596 g/mol. The van der Waals surface area contributed by atoms with Gasteiger partial charge in [0.05, 0.1) is 43.7 Å². The van der Waals surface area contributed by atoms with Crippen LogP contribution in [0.1, 0.15) is 85.2 Å². The molecular formula is C27H30F5N7O3. The van der Waals surface area contributed by atoms with Crippen LogP contribution in [-0.4, -0.2) is 55.6 Å². The average Bonchev–Trinajstić information content (AvgIpc) is 3.71. The number of fused-ring (bicyclic) bond motifs is 1. The van der Waals surface area contributed by atoms with Crippen molar-refractivity contribution in [3.8, 4) is 6.01 Å². The SMILES string of the molecule is COc1nccc(C(=O)N[C@H](c2cn3ncc(C(NC(=O)CCC(F)(F)F)C4CC4)cc3n2)C2CCC(F)(F)CC2)n1. The number of nitrogens with one attached hydrogen (secondary N) is 2. The summed E-state index contributed by atoms with van der Waals surface area (Å²) in [6.07, 6.45) is -0.530. The van der Waals surface area contributed by atoms with Crippen LogP contribution in [-0.2, 0) is 4.79 Å². The Morgan fingerprint density at radius 3 is 2.48 bits per heavy atom. The molecule has 2 saturated carbocycles. The topological polar surface area (TPSA) is 123 Å². The zero-order valence-corrected chi connectivity index (χ0v) is 22.7. The molecular weight excluding hydrogens is 565 g/mol. The Kier molecular flexibility index (Phi) is 8.28. The van der Waals surface area contributed by atoms with E-state index in [1.165, 1.54) is 30.1 Å². The molecule has 2 N–H and O–H groups in total. The quantitative estimate of drug-likeness (QED) is 0.325. The van der Waals surface area contributed by atoms with Crippen molar-refractivity contribution in [1.29, 1.82) is 0 Å². The Hall–Kier alpha value is -3.91. The predicted molar refractivity (Wildman–Crippen MR) is 138 cm³/mol. The first kappa shape index (κ1) is 29.6. The van der Waals surface area contributed by atoms with Crippen LogP contribution in [0.2, 0.25) is 0 Å². The van der Waals surface area contributed by atoms with E-state index in [1.807, 2.05) is 0 Å². The fourth-order valence-electron chi connectivity index (χ4n) is 5.24. The summed E-state index contributed by atoms with van der Waals surface area (Å²) >= 11 is 0. The number of halogens is 5. The molecule has 42 heavy (non-hydrogen) atoms. The number of imidazole rings is 1. The summed E-state index contributed by atoms with van der Waals surface area (Å²) in [5.74, 6) is -4.30. The molecule has 2 aliphatic rings. The highest BCUT2D eigenvalue weighted by atomic mass is 19.4. The maximum absolute atomic E-state index is 14.0. The van der Waals surface area contributed by atoms with Gasteiger partial charge in [0.1, 0.15) is 5.69 Å². The van der Waals surface area contributed by atoms with Gasteiger partial charge in [0.15, 0.2) is 5.65 Å². The predicted octanol–water partition coefficient (Wildman–Crippen LogP) is 4.73. The normalized spacial score (nSPS) is 18.8. The number of nitrogens with zero attached hydrogens (tertiary/aromatic N) is 5. The lowest BCUT2D eigenvalue weighted by molar-refractivity contribution is -0.144. The molecule has 2 atom stereocenters. The van der Waals surface area contributed by atoms with E-state index in [0.717, 1.165) is 12.8 Å². The van der Waals surface area contributed by atoms with Gasteiger partial charge in [-0.25, -0.2) is 23.3 Å². The van der Waals surface area contributed by atoms with Crippen LogP contribution in [0.25, 0.3) is 5.65 Å². The molecule has 0 saturated heterocycles. The Labute approximate surface area is 237 Å². The highest BCUT2D eigenvalue weighted by Gasteiger charge is 2.40. The number of aromatic nitrogens is 5. The maximum atomic E-state index is 14.0. The van der Waals surface area contributed by atoms with Gasteiger partial charge in [-0.15, -0.1) is 0 Å². The van der Waals surface area contributed by atoms with Crippen molar-refractivity contribution in [2.45, 2.75) is 75.5 Å². The fraction of sp³-hybridized carbons (Fsp3) is 0.556. The second kappa shape index (κ2) is 11.8. The van der Waals surface area contributed by atoms with Crippen LogP contribution in [0, 0.1) is 11.8 Å². The Bertz CT molecular complexity index is 1430. The minimum atomic E-state index is -4.43. The number of hydrogen-bond acceptors (Lipinski definition) is 7. The van der Waals surface area contributed by atoms with Crippen LogP contribution in [0.3, 0.4) is 0 Å². The summed E-state index contributed by atoms with van der Waals surface area (Å²) in [6.45, 7) is 0. The van der Waals surface area contributed by atoms with Gasteiger partial charge in [0.2, 0.25) is 11.8 Å². The van der Waals surface area contributed by atoms with E-state index in [4.69, 9.17) is 4.74 Å². The van der Waals surface area contributed by atoms with Gasteiger partial charge >= 0.3 is 12.2 Å². The Balaban J connectivity index is 1.40. The molecule has 15 heteroatoms. The van der Waals surface area contributed by atoms with Crippen LogP contribution < -0.4 is 15.4 Å². The molecule has 0 bridgehead atoms. The number of carbonyl (C=O) groups excluding carboxylic acids is 2. The third-order valence-electron chi connectivity index (χ3n) is 7.65. The van der Waals surface area contributed by atoms with Gasteiger partial charge in [-0.05, 0) is 55.2 Å². The standard InChI is InChI=1S/C27H30F5N7O3/c1-42-25-33-11-7-18(36-25)24(41)38-23(16-4-8-26(28,29)9-5-16)19-14-39-20(35-19)12-17(13-34-39)22(15-2-3-15)37-21(40)6-10-27(30,31)32/h7,11-16,22-23H,2-6,8-10H2,1H3,(H,37,40)(H,38,41)/t22?,23-/m0/s1. The number of alkyl halides is 5. The minimum absolute atomic E-state index is 0.00307. The van der Waals surface area contributed by atoms with Crippen molar-refractivity contribution >= 4 is 17.5 Å². The van der Waals surface area contributed by atoms with E-state index in [2.05, 4.69) is 30.7 Å². The van der Waals surface area contributed by atoms with E-state index < -0.39 is 48.8 Å². The molecule has 226 valence electrons. The van der Waals surface area contributed by atoms with E-state index >= 15 is 0 Å². The monoisotopic (exact) mass is 595 g/mol. The van der Waals surface area contributed by atoms with Crippen LogP contribution in [0.5, 0.6) is 6.01 Å². The van der Waals surface area contributed by atoms with Crippen molar-refractivity contribution in [3.63, 3.8) is 0 Å². The zero-order valence-electron chi connectivity index (χ0n) is 22.7. The molecule has 0 aliphatic heterocycles. The van der Waals surface area contributed by atoms with Gasteiger partial charge in [-0.2, -0.15) is 23.3 Å². The van der Waals surface area contributed by atoms with E-state index in [-0.39, 0.29) is 49.2 Å². The largest absolute Gasteiger partial charge is 0.467 e. The van der Waals surface area contributed by atoms with Crippen LogP contribution in [0.15, 0.2) is 30.7 Å². The maximum Gasteiger partial charge on any atom is 0.389 e. The molecule has 0 aromatic carbocycles.